The number of hydrogen-bond donors (Lipinski definition) is 1. The van der Waals surface area contributed by atoms with E-state index in [0.717, 1.165) is 42.6 Å². The lowest BCUT2D eigenvalue weighted by Crippen LogP contribution is -2.59. The smallest absolute Gasteiger partial charge is 0.435 e. The van der Waals surface area contributed by atoms with Gasteiger partial charge in [-0.2, -0.15) is 9.59 Å². The second kappa shape index (κ2) is 7.34. The molecular weight excluding hydrogens is 382 g/mol. The molecule has 1 N–H and O–H groups in total. The van der Waals surface area contributed by atoms with Gasteiger partial charge >= 0.3 is 12.2 Å². The number of nitrogens with zero attached hydrogens (tertiary/aromatic N) is 1. The van der Waals surface area contributed by atoms with E-state index >= 15 is 0 Å². The fraction of sp³-hybridized carbons (Fsp3) is 0.667. The van der Waals surface area contributed by atoms with Crippen molar-refractivity contribution >= 4 is 12.2 Å². The van der Waals surface area contributed by atoms with Gasteiger partial charge in [0.25, 0.3) is 0 Å². The summed E-state index contributed by atoms with van der Waals surface area (Å²) >= 11 is 0. The maximum Gasteiger partial charge on any atom is 0.527 e. The lowest BCUT2D eigenvalue weighted by atomic mass is 9.54. The molecule has 4 bridgehead atoms. The van der Waals surface area contributed by atoms with Gasteiger partial charge in [0.2, 0.25) is 0 Å². The van der Waals surface area contributed by atoms with Gasteiger partial charge in [-0.15, -0.1) is 4.48 Å². The summed E-state index contributed by atoms with van der Waals surface area (Å²) in [5.74, 6) is 2.30. The van der Waals surface area contributed by atoms with E-state index in [1.165, 1.54) is 19.3 Å². The predicted molar refractivity (Wildman–Crippen MR) is 110 cm³/mol. The molecule has 162 valence electrons. The monoisotopic (exact) mass is 414 g/mol. The summed E-state index contributed by atoms with van der Waals surface area (Å²) in [5.41, 5.74) is 0.758. The summed E-state index contributed by atoms with van der Waals surface area (Å²) < 4.78 is 11.5. The predicted octanol–water partition coefficient (Wildman–Crippen LogP) is 4.96. The van der Waals surface area contributed by atoms with Crippen LogP contribution >= 0.6 is 0 Å². The third-order valence-electron chi connectivity index (χ3n) is 8.12. The Morgan fingerprint density at radius 1 is 1.03 bits per heavy atom. The van der Waals surface area contributed by atoms with Crippen LogP contribution in [-0.4, -0.2) is 46.1 Å². The van der Waals surface area contributed by atoms with E-state index in [1.807, 2.05) is 37.3 Å². The van der Waals surface area contributed by atoms with E-state index in [-0.39, 0.29) is 30.9 Å². The number of hydrogen-bond acceptors (Lipinski definition) is 4. The first-order chi connectivity index (χ1) is 14.4. The molecular formula is C24H32NO5+. The molecule has 6 nitrogen and oxygen atoms in total. The molecule has 1 heterocycles. The number of rotatable bonds is 4. The Labute approximate surface area is 177 Å². The van der Waals surface area contributed by atoms with Gasteiger partial charge in [-0.3, -0.25) is 0 Å². The summed E-state index contributed by atoms with van der Waals surface area (Å²) in [7, 11) is 0. The second-order valence-corrected chi connectivity index (χ2v) is 10.3. The molecule has 0 spiro atoms. The molecule has 6 rings (SSSR count). The van der Waals surface area contributed by atoms with Crippen LogP contribution in [0.5, 0.6) is 0 Å². The van der Waals surface area contributed by atoms with Crippen molar-refractivity contribution < 1.29 is 28.7 Å². The van der Waals surface area contributed by atoms with Gasteiger partial charge in [0.15, 0.2) is 0 Å². The molecule has 5 fully saturated rings. The Morgan fingerprint density at radius 2 is 1.63 bits per heavy atom. The molecule has 30 heavy (non-hydrogen) atoms. The van der Waals surface area contributed by atoms with E-state index in [4.69, 9.17) is 9.47 Å². The van der Waals surface area contributed by atoms with Gasteiger partial charge in [-0.1, -0.05) is 30.3 Å². The normalized spacial score (nSPS) is 41.7. The van der Waals surface area contributed by atoms with Crippen molar-refractivity contribution in [2.45, 2.75) is 76.2 Å². The SMILES string of the molecule is C[C@@H]1C[C@@H](OC23CC4CC(CC(C4)C2)C3)C[N@+]1(C(=O)O)C(=O)OCc1ccccc1. The van der Waals surface area contributed by atoms with E-state index in [0.29, 0.717) is 6.42 Å². The van der Waals surface area contributed by atoms with E-state index < -0.39 is 16.7 Å². The lowest BCUT2D eigenvalue weighted by molar-refractivity contribution is -0.797. The first-order valence-electron chi connectivity index (χ1n) is 11.4. The zero-order valence-corrected chi connectivity index (χ0v) is 17.7. The maximum atomic E-state index is 13.0. The molecule has 1 saturated heterocycles. The molecule has 2 amide bonds. The molecule has 4 aliphatic carbocycles. The molecule has 3 atom stereocenters. The van der Waals surface area contributed by atoms with E-state index in [1.54, 1.807) is 0 Å². The molecule has 4 saturated carbocycles. The minimum atomic E-state index is -1.14. The van der Waals surface area contributed by atoms with Crippen LogP contribution in [0.2, 0.25) is 0 Å². The number of carbonyl (C=O) groups excluding carboxylic acids is 1. The molecule has 0 radical (unpaired) electrons. The Kier molecular flexibility index (Phi) is 4.90. The van der Waals surface area contributed by atoms with Gasteiger partial charge in [-0.05, 0) is 68.8 Å². The van der Waals surface area contributed by atoms with Crippen molar-refractivity contribution in [2.24, 2.45) is 17.8 Å². The third kappa shape index (κ3) is 3.34. The maximum absolute atomic E-state index is 13.0. The highest BCUT2D eigenvalue weighted by molar-refractivity contribution is 5.75. The minimum Gasteiger partial charge on any atom is -0.435 e. The molecule has 1 aromatic rings. The van der Waals surface area contributed by atoms with Crippen molar-refractivity contribution in [1.29, 1.82) is 0 Å². The average Bonchev–Trinajstić information content (AvgIpc) is 3.02. The largest absolute Gasteiger partial charge is 0.527 e. The highest BCUT2D eigenvalue weighted by atomic mass is 16.6. The Bertz CT molecular complexity index is 789. The second-order valence-electron chi connectivity index (χ2n) is 10.3. The first kappa shape index (κ1) is 20.0. The van der Waals surface area contributed by atoms with Crippen molar-refractivity contribution in [3.8, 4) is 0 Å². The molecule has 6 heteroatoms. The van der Waals surface area contributed by atoms with Gasteiger partial charge < -0.3 is 14.6 Å². The zero-order valence-electron chi connectivity index (χ0n) is 17.7. The summed E-state index contributed by atoms with van der Waals surface area (Å²) in [6.45, 7) is 2.08. The number of ether oxygens (including phenoxy) is 2. The Balaban J connectivity index is 1.29. The summed E-state index contributed by atoms with van der Waals surface area (Å²) in [4.78, 5) is 25.3. The van der Waals surface area contributed by atoms with Crippen LogP contribution in [-0.2, 0) is 16.1 Å². The zero-order chi connectivity index (χ0) is 20.9. The number of imide groups is 1. The molecule has 1 aliphatic heterocycles. The van der Waals surface area contributed by atoms with Gasteiger partial charge in [0.05, 0.1) is 5.60 Å². The number of amides is 2. The highest BCUT2D eigenvalue weighted by Gasteiger charge is 2.61. The van der Waals surface area contributed by atoms with Crippen LogP contribution in [0.15, 0.2) is 30.3 Å². The lowest BCUT2D eigenvalue weighted by Gasteiger charge is -2.56. The van der Waals surface area contributed by atoms with Crippen molar-refractivity contribution in [1.82, 2.24) is 0 Å². The number of quaternary nitrogens is 1. The van der Waals surface area contributed by atoms with Gasteiger partial charge in [0, 0.05) is 6.42 Å². The summed E-state index contributed by atoms with van der Waals surface area (Å²) in [6, 6.07) is 9.00. The summed E-state index contributed by atoms with van der Waals surface area (Å²) in [5, 5.41) is 10.1. The van der Waals surface area contributed by atoms with Crippen LogP contribution in [0.3, 0.4) is 0 Å². The minimum absolute atomic E-state index is 0.0835. The molecule has 0 aromatic heterocycles. The van der Waals surface area contributed by atoms with Gasteiger partial charge in [0.1, 0.15) is 25.3 Å². The average molecular weight is 415 g/mol. The fourth-order valence-electron chi connectivity index (χ4n) is 7.18. The quantitative estimate of drug-likeness (QED) is 0.705. The first-order valence-corrected chi connectivity index (χ1v) is 11.4. The molecule has 0 unspecified atom stereocenters. The Hall–Kier alpha value is -1.92. The van der Waals surface area contributed by atoms with Crippen LogP contribution < -0.4 is 0 Å². The van der Waals surface area contributed by atoms with E-state index in [9.17, 15) is 14.7 Å². The van der Waals surface area contributed by atoms with Crippen LogP contribution in [0, 0.1) is 17.8 Å². The van der Waals surface area contributed by atoms with Crippen molar-refractivity contribution in [2.75, 3.05) is 6.54 Å². The van der Waals surface area contributed by atoms with Gasteiger partial charge in [-0.25, -0.2) is 0 Å². The number of carbonyl (C=O) groups is 2. The fourth-order valence-corrected chi connectivity index (χ4v) is 7.18. The molecule has 5 aliphatic rings. The Morgan fingerprint density at radius 3 is 2.20 bits per heavy atom. The topological polar surface area (TPSA) is 72.8 Å². The summed E-state index contributed by atoms with van der Waals surface area (Å²) in [6.07, 6.45) is 5.87. The number of likely N-dealkylation sites (tertiary alicyclic amines) is 1. The van der Waals surface area contributed by atoms with Crippen LogP contribution in [0.4, 0.5) is 9.59 Å². The molecule has 1 aromatic carbocycles. The standard InChI is InChI=1S/C24H31NO5/c1-16-7-21(30-24-11-18-8-19(12-24)10-20(9-18)13-24)14-25(16,22(26)27)23(28)29-15-17-5-3-2-4-6-17/h2-6,16,18-21H,7-15H2,1H3/p+1/t16-,18?,19?,20?,21-,24?,25+/m1/s1. The highest BCUT2D eigenvalue weighted by Crippen LogP contribution is 2.57. The third-order valence-corrected chi connectivity index (χ3v) is 8.12. The van der Waals surface area contributed by atoms with Crippen molar-refractivity contribution in [3.63, 3.8) is 0 Å². The van der Waals surface area contributed by atoms with Crippen molar-refractivity contribution in [3.05, 3.63) is 35.9 Å². The number of carboxylic acid groups (broad SMARTS) is 1. The van der Waals surface area contributed by atoms with Crippen LogP contribution in [0.1, 0.15) is 57.4 Å². The van der Waals surface area contributed by atoms with E-state index in [2.05, 4.69) is 0 Å². The van der Waals surface area contributed by atoms with Crippen LogP contribution in [0.25, 0.3) is 0 Å². The number of benzene rings is 1.